The van der Waals surface area contributed by atoms with E-state index in [0.717, 1.165) is 0 Å². The molecule has 0 atom stereocenters. The van der Waals surface area contributed by atoms with Gasteiger partial charge in [-0.05, 0) is 5.92 Å². The highest BCUT2D eigenvalue weighted by Gasteiger charge is 2.36. The van der Waals surface area contributed by atoms with Crippen molar-refractivity contribution in [3.05, 3.63) is 0 Å². The standard InChI is InChI=1S/C6H5FO3/c7-6(3-10-4-6)2-1-5(8)9/h3-4H2,(H,8,9). The molecule has 1 saturated heterocycles. The average Bonchev–Trinajstić information content (AvgIpc) is 1.79. The Kier molecular flexibility index (Phi) is 1.60. The molecule has 1 aliphatic rings. The molecule has 0 aromatic carbocycles. The van der Waals surface area contributed by atoms with Crippen LogP contribution in [-0.2, 0) is 9.53 Å². The molecular weight excluding hydrogens is 139 g/mol. The number of ether oxygens (including phenoxy) is 1. The third-order valence-corrected chi connectivity index (χ3v) is 1.06. The maximum absolute atomic E-state index is 12.7. The molecule has 0 saturated carbocycles. The Morgan fingerprint density at radius 1 is 1.70 bits per heavy atom. The van der Waals surface area contributed by atoms with Gasteiger partial charge >= 0.3 is 5.97 Å². The van der Waals surface area contributed by atoms with Crippen molar-refractivity contribution >= 4 is 5.97 Å². The fraction of sp³-hybridized carbons (Fsp3) is 0.500. The van der Waals surface area contributed by atoms with Gasteiger partial charge in [-0.2, -0.15) is 0 Å². The van der Waals surface area contributed by atoms with Crippen LogP contribution in [0.1, 0.15) is 0 Å². The lowest BCUT2D eigenvalue weighted by Crippen LogP contribution is -2.44. The molecule has 1 N–H and O–H groups in total. The van der Waals surface area contributed by atoms with Crippen LogP contribution in [0, 0.1) is 11.8 Å². The zero-order chi connectivity index (χ0) is 7.61. The van der Waals surface area contributed by atoms with Gasteiger partial charge in [0.25, 0.3) is 0 Å². The highest BCUT2D eigenvalue weighted by Crippen LogP contribution is 2.19. The van der Waals surface area contributed by atoms with Crippen molar-refractivity contribution in [2.75, 3.05) is 13.2 Å². The smallest absolute Gasteiger partial charge is 0.382 e. The first-order valence-electron chi connectivity index (χ1n) is 2.65. The largest absolute Gasteiger partial charge is 0.472 e. The van der Waals surface area contributed by atoms with Crippen LogP contribution in [0.25, 0.3) is 0 Å². The molecule has 0 unspecified atom stereocenters. The summed E-state index contributed by atoms with van der Waals surface area (Å²) in [6.07, 6.45) is 0. The van der Waals surface area contributed by atoms with Gasteiger partial charge in [-0.25, -0.2) is 9.18 Å². The van der Waals surface area contributed by atoms with E-state index in [1.807, 2.05) is 5.92 Å². The zero-order valence-electron chi connectivity index (χ0n) is 5.06. The normalized spacial score (nSPS) is 20.1. The van der Waals surface area contributed by atoms with Gasteiger partial charge in [0.2, 0.25) is 5.67 Å². The fourth-order valence-corrected chi connectivity index (χ4v) is 0.519. The van der Waals surface area contributed by atoms with Crippen LogP contribution in [-0.4, -0.2) is 30.0 Å². The number of halogens is 1. The summed E-state index contributed by atoms with van der Waals surface area (Å²) in [5, 5.41) is 8.02. The number of carbonyl (C=O) groups is 1. The predicted octanol–water partition coefficient (Wildman–Crippen LogP) is -0.187. The molecular formula is C6H5FO3. The van der Waals surface area contributed by atoms with Gasteiger partial charge in [0.1, 0.15) is 0 Å². The van der Waals surface area contributed by atoms with Crippen molar-refractivity contribution in [2.24, 2.45) is 0 Å². The van der Waals surface area contributed by atoms with E-state index >= 15 is 0 Å². The Bertz CT molecular complexity index is 209. The highest BCUT2D eigenvalue weighted by molar-refractivity contribution is 5.86. The van der Waals surface area contributed by atoms with Gasteiger partial charge in [0.05, 0.1) is 13.2 Å². The molecule has 10 heavy (non-hydrogen) atoms. The molecule has 0 aliphatic carbocycles. The van der Waals surface area contributed by atoms with Gasteiger partial charge in [0, 0.05) is 5.92 Å². The first-order chi connectivity index (χ1) is 4.62. The van der Waals surface area contributed by atoms with E-state index in [2.05, 4.69) is 4.74 Å². The molecule has 0 spiro atoms. The summed E-state index contributed by atoms with van der Waals surface area (Å²) in [5.74, 6) is 2.34. The van der Waals surface area contributed by atoms with Crippen molar-refractivity contribution in [2.45, 2.75) is 5.67 Å². The topological polar surface area (TPSA) is 46.5 Å². The maximum atomic E-state index is 12.7. The van der Waals surface area contributed by atoms with Gasteiger partial charge in [0.15, 0.2) is 0 Å². The lowest BCUT2D eigenvalue weighted by Gasteiger charge is -2.27. The van der Waals surface area contributed by atoms with Crippen molar-refractivity contribution in [1.82, 2.24) is 0 Å². The van der Waals surface area contributed by atoms with Gasteiger partial charge < -0.3 is 9.84 Å². The van der Waals surface area contributed by atoms with E-state index in [9.17, 15) is 9.18 Å². The molecule has 4 heteroatoms. The third kappa shape index (κ3) is 1.45. The summed E-state index contributed by atoms with van der Waals surface area (Å²) in [6.45, 7) is -0.236. The zero-order valence-corrected chi connectivity index (χ0v) is 5.06. The molecule has 1 fully saturated rings. The minimum Gasteiger partial charge on any atom is -0.472 e. The second kappa shape index (κ2) is 2.27. The van der Waals surface area contributed by atoms with Crippen LogP contribution in [0.4, 0.5) is 4.39 Å². The van der Waals surface area contributed by atoms with E-state index in [-0.39, 0.29) is 13.2 Å². The number of rotatable bonds is 0. The lowest BCUT2D eigenvalue weighted by molar-refractivity contribution is -0.130. The highest BCUT2D eigenvalue weighted by atomic mass is 19.1. The molecule has 0 aromatic rings. The van der Waals surface area contributed by atoms with Crippen LogP contribution < -0.4 is 0 Å². The predicted molar refractivity (Wildman–Crippen MR) is 30.1 cm³/mol. The first-order valence-corrected chi connectivity index (χ1v) is 2.65. The molecule has 3 nitrogen and oxygen atoms in total. The number of hydrogen-bond donors (Lipinski definition) is 1. The van der Waals surface area contributed by atoms with Crippen LogP contribution in [0.15, 0.2) is 0 Å². The van der Waals surface area contributed by atoms with Gasteiger partial charge in [-0.15, -0.1) is 0 Å². The number of carboxylic acid groups (broad SMARTS) is 1. The Morgan fingerprint density at radius 3 is 2.60 bits per heavy atom. The molecule has 0 amide bonds. The third-order valence-electron chi connectivity index (χ3n) is 1.06. The molecule has 1 aliphatic heterocycles. The summed E-state index contributed by atoms with van der Waals surface area (Å²) in [6, 6.07) is 0. The molecule has 0 aromatic heterocycles. The van der Waals surface area contributed by atoms with Gasteiger partial charge in [-0.3, -0.25) is 0 Å². The number of aliphatic carboxylic acids is 1. The monoisotopic (exact) mass is 144 g/mol. The second-order valence-corrected chi connectivity index (χ2v) is 2.01. The Balaban J connectivity index is 2.53. The van der Waals surface area contributed by atoms with Crippen molar-refractivity contribution < 1.29 is 19.0 Å². The summed E-state index contributed by atoms with van der Waals surface area (Å²) < 4.78 is 17.2. The van der Waals surface area contributed by atoms with Crippen molar-refractivity contribution in [3.8, 4) is 11.8 Å². The van der Waals surface area contributed by atoms with E-state index in [1.165, 1.54) is 0 Å². The Labute approximate surface area is 56.8 Å². The number of alkyl halides is 1. The Hall–Kier alpha value is -1.08. The summed E-state index contributed by atoms with van der Waals surface area (Å²) >= 11 is 0. The average molecular weight is 144 g/mol. The van der Waals surface area contributed by atoms with E-state index in [1.54, 1.807) is 5.92 Å². The molecule has 1 heterocycles. The maximum Gasteiger partial charge on any atom is 0.382 e. The minimum absolute atomic E-state index is 0.118. The number of hydrogen-bond acceptors (Lipinski definition) is 2. The molecule has 54 valence electrons. The summed E-state index contributed by atoms with van der Waals surface area (Å²) in [7, 11) is 0. The van der Waals surface area contributed by atoms with E-state index < -0.39 is 11.6 Å². The van der Waals surface area contributed by atoms with Gasteiger partial charge in [-0.1, -0.05) is 0 Å². The van der Waals surface area contributed by atoms with Crippen molar-refractivity contribution in [1.29, 1.82) is 0 Å². The molecule has 0 bridgehead atoms. The van der Waals surface area contributed by atoms with E-state index in [4.69, 9.17) is 5.11 Å². The van der Waals surface area contributed by atoms with Crippen LogP contribution in [0.2, 0.25) is 0 Å². The summed E-state index contributed by atoms with van der Waals surface area (Å²) in [5.41, 5.74) is -1.71. The van der Waals surface area contributed by atoms with Crippen LogP contribution >= 0.6 is 0 Å². The van der Waals surface area contributed by atoms with Crippen molar-refractivity contribution in [3.63, 3.8) is 0 Å². The SMILES string of the molecule is O=C(O)C#CC1(F)COC1. The second-order valence-electron chi connectivity index (χ2n) is 2.01. The van der Waals surface area contributed by atoms with Crippen LogP contribution in [0.3, 0.4) is 0 Å². The summed E-state index contributed by atoms with van der Waals surface area (Å²) in [4.78, 5) is 9.80. The lowest BCUT2D eigenvalue weighted by atomic mass is 10.1. The van der Waals surface area contributed by atoms with E-state index in [0.29, 0.717) is 0 Å². The van der Waals surface area contributed by atoms with Crippen LogP contribution in [0.5, 0.6) is 0 Å². The molecule has 1 rings (SSSR count). The first kappa shape index (κ1) is 7.03. The quantitative estimate of drug-likeness (QED) is 0.479. The molecule has 0 radical (unpaired) electrons. The number of carboxylic acids is 1. The Morgan fingerprint density at radius 2 is 2.30 bits per heavy atom. The fourth-order valence-electron chi connectivity index (χ4n) is 0.519. The minimum atomic E-state index is -1.71.